The van der Waals surface area contributed by atoms with Crippen LogP contribution in [-0.2, 0) is 12.4 Å². The van der Waals surface area contributed by atoms with Gasteiger partial charge in [-0.2, -0.15) is 31.6 Å². The molecule has 0 amide bonds. The van der Waals surface area contributed by atoms with Crippen LogP contribution in [0.2, 0.25) is 0 Å². The number of aromatic nitrogens is 4. The van der Waals surface area contributed by atoms with Crippen molar-refractivity contribution < 1.29 is 26.3 Å². The van der Waals surface area contributed by atoms with Crippen molar-refractivity contribution >= 4 is 21.8 Å². The minimum absolute atomic E-state index is 0.0864. The second kappa shape index (κ2) is 12.8. The lowest BCUT2D eigenvalue weighted by molar-refractivity contribution is -0.143. The molecule has 0 spiro atoms. The van der Waals surface area contributed by atoms with E-state index in [9.17, 15) is 31.6 Å². The Balaban J connectivity index is 1.47. The van der Waals surface area contributed by atoms with Gasteiger partial charge in [0.15, 0.2) is 17.5 Å². The van der Waals surface area contributed by atoms with Crippen LogP contribution < -0.4 is 0 Å². The fraction of sp³-hybridized carbons (Fsp3) is 0.0476. The predicted molar refractivity (Wildman–Crippen MR) is 191 cm³/mol. The number of hydrogen-bond acceptors (Lipinski definition) is 4. The summed E-state index contributed by atoms with van der Waals surface area (Å²) in [7, 11) is 0. The van der Waals surface area contributed by atoms with Gasteiger partial charge in [0, 0.05) is 27.5 Å². The molecule has 8 aromatic rings. The van der Waals surface area contributed by atoms with E-state index in [-0.39, 0.29) is 23.0 Å². The third kappa shape index (κ3) is 6.25. The van der Waals surface area contributed by atoms with Gasteiger partial charge < -0.3 is 4.57 Å². The summed E-state index contributed by atoms with van der Waals surface area (Å²) in [5, 5.41) is 11.4. The standard InChI is InChI=1S/C42H23F6N5/c43-41(44,45)30-20-29(21-31(23-30)42(46,47)48)28-16-18-34(37(22-28)53-35-14-8-7-13-32(35)33-17-15-25(24-49)19-36(33)53)40-51-38(26-9-3-1-4-10-26)50-39(52-40)27-11-5-2-6-12-27/h1-23H. The van der Waals surface area contributed by atoms with Crippen molar-refractivity contribution in [3.63, 3.8) is 0 Å². The molecule has 0 saturated carbocycles. The van der Waals surface area contributed by atoms with Gasteiger partial charge in [-0.15, -0.1) is 0 Å². The highest BCUT2D eigenvalue weighted by atomic mass is 19.4. The molecule has 0 unspecified atom stereocenters. The first-order valence-corrected chi connectivity index (χ1v) is 16.2. The maximum absolute atomic E-state index is 14.0. The second-order valence-electron chi connectivity index (χ2n) is 12.3. The zero-order valence-electron chi connectivity index (χ0n) is 27.3. The predicted octanol–water partition coefficient (Wildman–Crippen LogP) is 11.5. The van der Waals surface area contributed by atoms with Crippen molar-refractivity contribution in [1.82, 2.24) is 19.5 Å². The number of para-hydroxylation sites is 1. The molecule has 0 N–H and O–H groups in total. The van der Waals surface area contributed by atoms with Crippen LogP contribution in [0.25, 0.3) is 72.8 Å². The van der Waals surface area contributed by atoms with Crippen molar-refractivity contribution in [2.45, 2.75) is 12.4 Å². The zero-order valence-corrected chi connectivity index (χ0v) is 27.3. The Morgan fingerprint density at radius 1 is 0.472 bits per heavy atom. The summed E-state index contributed by atoms with van der Waals surface area (Å²) in [5.74, 6) is 0.916. The van der Waals surface area contributed by atoms with Crippen molar-refractivity contribution in [3.05, 3.63) is 156 Å². The summed E-state index contributed by atoms with van der Waals surface area (Å²) < 4.78 is 85.8. The first-order valence-electron chi connectivity index (χ1n) is 16.2. The Bertz CT molecular complexity index is 2620. The molecule has 0 radical (unpaired) electrons. The van der Waals surface area contributed by atoms with Crippen LogP contribution in [0.3, 0.4) is 0 Å². The van der Waals surface area contributed by atoms with E-state index in [0.29, 0.717) is 62.8 Å². The summed E-state index contributed by atoms with van der Waals surface area (Å²) in [4.78, 5) is 14.5. The number of nitriles is 1. The highest BCUT2D eigenvalue weighted by Gasteiger charge is 2.37. The lowest BCUT2D eigenvalue weighted by atomic mass is 9.97. The minimum atomic E-state index is -5.04. The van der Waals surface area contributed by atoms with E-state index in [1.54, 1.807) is 18.2 Å². The Labute approximate surface area is 298 Å². The minimum Gasteiger partial charge on any atom is -0.308 e. The van der Waals surface area contributed by atoms with Gasteiger partial charge in [0.1, 0.15) is 0 Å². The maximum Gasteiger partial charge on any atom is 0.416 e. The molecule has 0 fully saturated rings. The number of halogens is 6. The number of nitrogens with zero attached hydrogens (tertiary/aromatic N) is 5. The zero-order chi connectivity index (χ0) is 36.9. The van der Waals surface area contributed by atoms with Crippen LogP contribution in [0.1, 0.15) is 16.7 Å². The van der Waals surface area contributed by atoms with Gasteiger partial charge in [0.05, 0.1) is 39.5 Å². The second-order valence-corrected chi connectivity index (χ2v) is 12.3. The Morgan fingerprint density at radius 2 is 1.02 bits per heavy atom. The molecule has 258 valence electrons. The quantitative estimate of drug-likeness (QED) is 0.167. The van der Waals surface area contributed by atoms with Crippen LogP contribution in [0, 0.1) is 11.3 Å². The van der Waals surface area contributed by atoms with Crippen LogP contribution >= 0.6 is 0 Å². The van der Waals surface area contributed by atoms with E-state index >= 15 is 0 Å². The largest absolute Gasteiger partial charge is 0.416 e. The van der Waals surface area contributed by atoms with E-state index < -0.39 is 23.5 Å². The molecule has 0 aliphatic carbocycles. The SMILES string of the molecule is N#Cc1ccc2c3ccccc3n(-c3cc(-c4cc(C(F)(F)F)cc(C(F)(F)F)c4)ccc3-c3nc(-c4ccccc4)nc(-c4ccccc4)n3)c2c1. The molecule has 2 aromatic heterocycles. The molecule has 8 rings (SSSR count). The number of benzene rings is 6. The van der Waals surface area contributed by atoms with Gasteiger partial charge in [-0.1, -0.05) is 91.0 Å². The van der Waals surface area contributed by atoms with Gasteiger partial charge in [-0.25, -0.2) is 15.0 Å². The average Bonchev–Trinajstić information content (AvgIpc) is 3.50. The lowest BCUT2D eigenvalue weighted by Crippen LogP contribution is -2.11. The Morgan fingerprint density at radius 3 is 1.60 bits per heavy atom. The number of rotatable bonds is 5. The lowest BCUT2D eigenvalue weighted by Gasteiger charge is -2.18. The van der Waals surface area contributed by atoms with E-state index in [4.69, 9.17) is 15.0 Å². The molecule has 2 heterocycles. The van der Waals surface area contributed by atoms with Crippen molar-refractivity contribution in [3.8, 4) is 57.0 Å². The highest BCUT2D eigenvalue weighted by Crippen LogP contribution is 2.42. The smallest absolute Gasteiger partial charge is 0.308 e. The Kier molecular flexibility index (Phi) is 8.03. The van der Waals surface area contributed by atoms with Crippen molar-refractivity contribution in [2.75, 3.05) is 0 Å². The summed E-state index contributed by atoms with van der Waals surface area (Å²) in [5.41, 5.74) is 0.730. The molecule has 0 saturated heterocycles. The van der Waals surface area contributed by atoms with E-state index in [1.165, 1.54) is 12.1 Å². The topological polar surface area (TPSA) is 67.4 Å². The van der Waals surface area contributed by atoms with E-state index in [1.807, 2.05) is 95.6 Å². The van der Waals surface area contributed by atoms with Gasteiger partial charge in [0.25, 0.3) is 0 Å². The third-order valence-corrected chi connectivity index (χ3v) is 8.90. The summed E-state index contributed by atoms with van der Waals surface area (Å²) in [6.07, 6.45) is -10.1. The molecular weight excluding hydrogens is 688 g/mol. The van der Waals surface area contributed by atoms with Gasteiger partial charge in [-0.3, -0.25) is 0 Å². The van der Waals surface area contributed by atoms with E-state index in [2.05, 4.69) is 6.07 Å². The fourth-order valence-corrected chi connectivity index (χ4v) is 6.44. The molecule has 0 aliphatic heterocycles. The van der Waals surface area contributed by atoms with Crippen molar-refractivity contribution in [1.29, 1.82) is 5.26 Å². The molecule has 0 aliphatic rings. The molecule has 0 atom stereocenters. The fourth-order valence-electron chi connectivity index (χ4n) is 6.44. The summed E-state index contributed by atoms with van der Waals surface area (Å²) >= 11 is 0. The molecule has 53 heavy (non-hydrogen) atoms. The van der Waals surface area contributed by atoms with E-state index in [0.717, 1.165) is 10.8 Å². The molecular formula is C42H23F6N5. The van der Waals surface area contributed by atoms with Crippen LogP contribution in [0.5, 0.6) is 0 Å². The van der Waals surface area contributed by atoms with Gasteiger partial charge >= 0.3 is 12.4 Å². The van der Waals surface area contributed by atoms with Crippen LogP contribution in [0.15, 0.2) is 140 Å². The molecule has 11 heteroatoms. The summed E-state index contributed by atoms with van der Waals surface area (Å²) in [6.45, 7) is 0. The number of alkyl halides is 6. The number of hydrogen-bond donors (Lipinski definition) is 0. The molecule has 6 aromatic carbocycles. The van der Waals surface area contributed by atoms with Crippen LogP contribution in [0.4, 0.5) is 26.3 Å². The first kappa shape index (κ1) is 33.3. The summed E-state index contributed by atoms with van der Waals surface area (Å²) in [6, 6.07) is 39.3. The average molecular weight is 712 g/mol. The first-order chi connectivity index (χ1) is 25.5. The van der Waals surface area contributed by atoms with Gasteiger partial charge in [0.2, 0.25) is 0 Å². The highest BCUT2D eigenvalue weighted by molar-refractivity contribution is 6.10. The normalized spacial score (nSPS) is 11.9. The number of fused-ring (bicyclic) bond motifs is 3. The monoisotopic (exact) mass is 711 g/mol. The maximum atomic E-state index is 14.0. The molecule has 5 nitrogen and oxygen atoms in total. The van der Waals surface area contributed by atoms with Crippen molar-refractivity contribution in [2.24, 2.45) is 0 Å². The van der Waals surface area contributed by atoms with Crippen LogP contribution in [-0.4, -0.2) is 19.5 Å². The Hall–Kier alpha value is -6.80. The molecule has 0 bridgehead atoms. The third-order valence-electron chi connectivity index (χ3n) is 8.90. The van der Waals surface area contributed by atoms with Gasteiger partial charge in [-0.05, 0) is 59.7 Å².